The van der Waals surface area contributed by atoms with E-state index in [1.54, 1.807) is 0 Å². The second-order valence-electron chi connectivity index (χ2n) is 4.70. The van der Waals surface area contributed by atoms with Crippen LogP contribution in [0.2, 0.25) is 0 Å². The lowest BCUT2D eigenvalue weighted by atomic mass is 10.0. The molecule has 2 rings (SSSR count). The van der Waals surface area contributed by atoms with E-state index in [-0.39, 0.29) is 18.7 Å². The lowest BCUT2D eigenvalue weighted by molar-refractivity contribution is -0.387. The molecule has 0 amide bonds. The molecule has 5 nitrogen and oxygen atoms in total. The first-order chi connectivity index (χ1) is 9.80. The molecule has 1 atom stereocenters. The predicted molar refractivity (Wildman–Crippen MR) is 66.3 cm³/mol. The molecule has 21 heavy (non-hydrogen) atoms. The van der Waals surface area contributed by atoms with Crippen LogP contribution in [0.15, 0.2) is 18.2 Å². The number of hydrogen-bond acceptors (Lipinski definition) is 4. The van der Waals surface area contributed by atoms with Crippen LogP contribution < -0.4 is 5.32 Å². The van der Waals surface area contributed by atoms with Crippen molar-refractivity contribution >= 4 is 5.69 Å². The van der Waals surface area contributed by atoms with Gasteiger partial charge in [-0.15, -0.1) is 0 Å². The Hall–Kier alpha value is -1.74. The molecule has 1 fully saturated rings. The predicted octanol–water partition coefficient (Wildman–Crippen LogP) is 2.24. The van der Waals surface area contributed by atoms with E-state index >= 15 is 0 Å². The number of benzene rings is 1. The fourth-order valence-electron chi connectivity index (χ4n) is 2.39. The van der Waals surface area contributed by atoms with Crippen molar-refractivity contribution in [3.8, 4) is 0 Å². The highest BCUT2D eigenvalue weighted by atomic mass is 19.4. The number of hydrogen-bond donors (Lipinski definition) is 1. The van der Waals surface area contributed by atoms with Gasteiger partial charge in [0.15, 0.2) is 0 Å². The molecule has 0 bridgehead atoms. The average Bonchev–Trinajstić information content (AvgIpc) is 2.40. The molecule has 0 aliphatic carbocycles. The van der Waals surface area contributed by atoms with E-state index in [0.717, 1.165) is 6.07 Å². The quantitative estimate of drug-likeness (QED) is 0.528. The molecule has 0 radical (unpaired) electrons. The fourth-order valence-corrected chi connectivity index (χ4v) is 2.39. The second-order valence-corrected chi connectivity index (χ2v) is 4.70. The van der Waals surface area contributed by atoms with Gasteiger partial charge in [-0.2, -0.15) is 17.6 Å². The van der Waals surface area contributed by atoms with Gasteiger partial charge in [-0.05, 0) is 11.6 Å². The largest absolute Gasteiger partial charge is 0.408 e. The van der Waals surface area contributed by atoms with Crippen molar-refractivity contribution in [2.75, 3.05) is 26.2 Å². The molecule has 1 N–H and O–H groups in total. The molecule has 0 saturated carbocycles. The highest BCUT2D eigenvalue weighted by Crippen LogP contribution is 2.39. The lowest BCUT2D eigenvalue weighted by Crippen LogP contribution is -2.49. The number of nitrogens with zero attached hydrogens (tertiary/aromatic N) is 2. The van der Waals surface area contributed by atoms with Crippen molar-refractivity contribution in [3.63, 3.8) is 0 Å². The van der Waals surface area contributed by atoms with Crippen molar-refractivity contribution < 1.29 is 22.5 Å². The van der Waals surface area contributed by atoms with Crippen LogP contribution in [0.1, 0.15) is 11.6 Å². The maximum Gasteiger partial charge on any atom is 0.408 e. The minimum absolute atomic E-state index is 0.162. The Morgan fingerprint density at radius 1 is 1.29 bits per heavy atom. The number of halogens is 4. The Kier molecular flexibility index (Phi) is 4.43. The Labute approximate surface area is 117 Å². The molecular formula is C12H13F4N3O2. The zero-order valence-electron chi connectivity index (χ0n) is 10.9. The van der Waals surface area contributed by atoms with E-state index < -0.39 is 28.6 Å². The van der Waals surface area contributed by atoms with Crippen molar-refractivity contribution in [2.24, 2.45) is 0 Å². The lowest BCUT2D eigenvalue weighted by Gasteiger charge is -2.36. The zero-order chi connectivity index (χ0) is 15.6. The van der Waals surface area contributed by atoms with Crippen LogP contribution in [0.5, 0.6) is 0 Å². The van der Waals surface area contributed by atoms with Crippen LogP contribution in [0, 0.1) is 15.9 Å². The van der Waals surface area contributed by atoms with Crippen LogP contribution in [-0.2, 0) is 0 Å². The SMILES string of the molecule is O=[N+]([O-])c1cc([C@H](N2CCNCC2)C(F)(F)F)ccc1F. The molecule has 1 aromatic carbocycles. The summed E-state index contributed by atoms with van der Waals surface area (Å²) < 4.78 is 53.2. The summed E-state index contributed by atoms with van der Waals surface area (Å²) in [6.45, 7) is 1.12. The minimum Gasteiger partial charge on any atom is -0.314 e. The van der Waals surface area contributed by atoms with Gasteiger partial charge in [0.2, 0.25) is 5.82 Å². The third-order valence-corrected chi connectivity index (χ3v) is 3.31. The maximum absolute atomic E-state index is 13.3. The van der Waals surface area contributed by atoms with E-state index in [4.69, 9.17) is 0 Å². The third-order valence-electron chi connectivity index (χ3n) is 3.31. The number of nitro benzene ring substituents is 1. The van der Waals surface area contributed by atoms with Gasteiger partial charge in [0.1, 0.15) is 6.04 Å². The number of alkyl halides is 3. The molecule has 0 aromatic heterocycles. The van der Waals surface area contributed by atoms with Crippen molar-refractivity contribution in [1.82, 2.24) is 10.2 Å². The maximum atomic E-state index is 13.3. The average molecular weight is 307 g/mol. The summed E-state index contributed by atoms with van der Waals surface area (Å²) in [5.41, 5.74) is -1.27. The Balaban J connectivity index is 2.41. The number of rotatable bonds is 3. The standard InChI is InChI=1S/C12H13F4N3O2/c13-9-2-1-8(7-10(9)19(20)21)11(12(14,15)16)18-5-3-17-4-6-18/h1-2,7,11,17H,3-6H2/t11-/m0/s1. The first-order valence-corrected chi connectivity index (χ1v) is 6.26. The molecule has 1 aromatic rings. The van der Waals surface area contributed by atoms with E-state index in [1.807, 2.05) is 0 Å². The van der Waals surface area contributed by atoms with Crippen molar-refractivity contribution in [2.45, 2.75) is 12.2 Å². The molecule has 1 saturated heterocycles. The number of nitrogens with one attached hydrogen (secondary N) is 1. The van der Waals surface area contributed by atoms with Crippen LogP contribution in [0.3, 0.4) is 0 Å². The van der Waals surface area contributed by atoms with Crippen LogP contribution in [0.4, 0.5) is 23.2 Å². The van der Waals surface area contributed by atoms with Crippen molar-refractivity contribution in [3.05, 3.63) is 39.7 Å². The highest BCUT2D eigenvalue weighted by molar-refractivity contribution is 5.38. The minimum atomic E-state index is -4.59. The summed E-state index contributed by atoms with van der Waals surface area (Å²) in [6.07, 6.45) is -4.59. The van der Waals surface area contributed by atoms with Gasteiger partial charge in [0, 0.05) is 32.2 Å². The topological polar surface area (TPSA) is 58.4 Å². The Morgan fingerprint density at radius 2 is 1.90 bits per heavy atom. The first-order valence-electron chi connectivity index (χ1n) is 6.26. The summed E-state index contributed by atoms with van der Waals surface area (Å²) >= 11 is 0. The molecule has 0 spiro atoms. The van der Waals surface area contributed by atoms with Gasteiger partial charge in [0.05, 0.1) is 4.92 Å². The van der Waals surface area contributed by atoms with Crippen LogP contribution >= 0.6 is 0 Å². The van der Waals surface area contributed by atoms with E-state index in [1.165, 1.54) is 4.90 Å². The Bertz CT molecular complexity index is 530. The number of nitro groups is 1. The molecule has 116 valence electrons. The monoisotopic (exact) mass is 307 g/mol. The summed E-state index contributed by atoms with van der Waals surface area (Å²) in [5, 5.41) is 13.6. The van der Waals surface area contributed by atoms with E-state index in [9.17, 15) is 27.7 Å². The Morgan fingerprint density at radius 3 is 2.43 bits per heavy atom. The summed E-state index contributed by atoms with van der Waals surface area (Å²) in [6, 6.07) is 0.339. The summed E-state index contributed by atoms with van der Waals surface area (Å²) in [7, 11) is 0. The highest BCUT2D eigenvalue weighted by Gasteiger charge is 2.45. The molecule has 1 aliphatic rings. The number of piperazine rings is 1. The van der Waals surface area contributed by atoms with Crippen molar-refractivity contribution in [1.29, 1.82) is 0 Å². The fraction of sp³-hybridized carbons (Fsp3) is 0.500. The summed E-state index contributed by atoms with van der Waals surface area (Å²) in [4.78, 5) is 10.8. The normalized spacial score (nSPS) is 18.5. The van der Waals surface area contributed by atoms with Crippen LogP contribution in [-0.4, -0.2) is 42.2 Å². The second kappa shape index (κ2) is 5.94. The molecular weight excluding hydrogens is 294 g/mol. The van der Waals surface area contributed by atoms with E-state index in [2.05, 4.69) is 5.32 Å². The van der Waals surface area contributed by atoms with Gasteiger partial charge >= 0.3 is 11.9 Å². The van der Waals surface area contributed by atoms with Gasteiger partial charge in [-0.1, -0.05) is 6.07 Å². The van der Waals surface area contributed by atoms with E-state index in [0.29, 0.717) is 25.2 Å². The van der Waals surface area contributed by atoms with Gasteiger partial charge < -0.3 is 5.32 Å². The molecule has 9 heteroatoms. The van der Waals surface area contributed by atoms with Gasteiger partial charge in [-0.25, -0.2) is 0 Å². The zero-order valence-corrected chi connectivity index (χ0v) is 10.9. The third kappa shape index (κ3) is 3.48. The summed E-state index contributed by atoms with van der Waals surface area (Å²) in [5.74, 6) is -1.15. The van der Waals surface area contributed by atoms with Crippen LogP contribution in [0.25, 0.3) is 0 Å². The van der Waals surface area contributed by atoms with Gasteiger partial charge in [0.25, 0.3) is 0 Å². The first kappa shape index (κ1) is 15.6. The van der Waals surface area contributed by atoms with Gasteiger partial charge in [-0.3, -0.25) is 15.0 Å². The molecule has 1 aliphatic heterocycles. The molecule has 1 heterocycles. The molecule has 0 unspecified atom stereocenters. The smallest absolute Gasteiger partial charge is 0.314 e.